The summed E-state index contributed by atoms with van der Waals surface area (Å²) in [6.45, 7) is 5.00. The summed E-state index contributed by atoms with van der Waals surface area (Å²) in [5.41, 5.74) is 2.04. The van der Waals surface area contributed by atoms with Gasteiger partial charge in [0, 0.05) is 17.7 Å². The number of aromatic amines is 1. The fraction of sp³-hybridized carbons (Fsp3) is 0.286. The Labute approximate surface area is 171 Å². The van der Waals surface area contributed by atoms with E-state index in [1.807, 2.05) is 6.07 Å². The predicted octanol–water partition coefficient (Wildman–Crippen LogP) is 3.29. The van der Waals surface area contributed by atoms with Crippen LogP contribution in [0.25, 0.3) is 11.5 Å². The highest BCUT2D eigenvalue weighted by atomic mass is 19.1. The van der Waals surface area contributed by atoms with Crippen molar-refractivity contribution in [2.24, 2.45) is 0 Å². The average Bonchev–Trinajstić information content (AvgIpc) is 3.19. The minimum absolute atomic E-state index is 0.0384. The van der Waals surface area contributed by atoms with Crippen LogP contribution in [0.3, 0.4) is 0 Å². The molecule has 0 fully saturated rings. The molecule has 0 radical (unpaired) electrons. The van der Waals surface area contributed by atoms with Gasteiger partial charge in [-0.2, -0.15) is 5.26 Å². The summed E-state index contributed by atoms with van der Waals surface area (Å²) in [4.78, 5) is 26.7. The fourth-order valence-electron chi connectivity index (χ4n) is 3.06. The maximum atomic E-state index is 13.0. The smallest absolute Gasteiger partial charge is 0.306 e. The number of H-pyrrole nitrogens is 1. The number of benzene rings is 1. The van der Waals surface area contributed by atoms with Gasteiger partial charge < -0.3 is 14.1 Å². The van der Waals surface area contributed by atoms with E-state index in [0.29, 0.717) is 23.2 Å². The zero-order chi connectivity index (χ0) is 21.8. The number of nitriles is 1. The van der Waals surface area contributed by atoms with E-state index in [1.54, 1.807) is 20.8 Å². The number of rotatable bonds is 6. The highest BCUT2D eigenvalue weighted by Gasteiger charge is 2.20. The molecule has 0 spiro atoms. The highest BCUT2D eigenvalue weighted by molar-refractivity contribution is 5.70. The van der Waals surface area contributed by atoms with Crippen molar-refractivity contribution >= 4 is 5.97 Å². The molecule has 2 heterocycles. The maximum absolute atomic E-state index is 13.0. The Balaban J connectivity index is 1.64. The second-order valence-electron chi connectivity index (χ2n) is 6.75. The Morgan fingerprint density at radius 1 is 1.30 bits per heavy atom. The van der Waals surface area contributed by atoms with Crippen molar-refractivity contribution in [3.05, 3.63) is 68.7 Å². The highest BCUT2D eigenvalue weighted by Crippen LogP contribution is 2.23. The Bertz CT molecular complexity index is 1180. The summed E-state index contributed by atoms with van der Waals surface area (Å²) in [6.07, 6.45) is -0.423. The van der Waals surface area contributed by atoms with Crippen LogP contribution >= 0.6 is 0 Å². The molecule has 0 aliphatic heterocycles. The van der Waals surface area contributed by atoms with E-state index in [4.69, 9.17) is 14.4 Å². The predicted molar refractivity (Wildman–Crippen MR) is 104 cm³/mol. The van der Waals surface area contributed by atoms with Gasteiger partial charge in [-0.05, 0) is 62.6 Å². The molecule has 0 aliphatic carbocycles. The Kier molecular flexibility index (Phi) is 6.06. The third-order valence-corrected chi connectivity index (χ3v) is 4.69. The molecule has 1 aromatic carbocycles. The number of nitrogens with zero attached hydrogens (tertiary/aromatic N) is 3. The quantitative estimate of drug-likeness (QED) is 0.619. The Morgan fingerprint density at radius 2 is 2.00 bits per heavy atom. The van der Waals surface area contributed by atoms with Crippen LogP contribution in [-0.2, 0) is 16.0 Å². The van der Waals surface area contributed by atoms with Crippen molar-refractivity contribution in [3.8, 4) is 17.5 Å². The number of nitrogens with one attached hydrogen (secondary N) is 1. The Morgan fingerprint density at radius 3 is 2.67 bits per heavy atom. The number of carbonyl (C=O) groups is 1. The molecule has 30 heavy (non-hydrogen) atoms. The summed E-state index contributed by atoms with van der Waals surface area (Å²) >= 11 is 0. The summed E-state index contributed by atoms with van der Waals surface area (Å²) < 4.78 is 23.9. The van der Waals surface area contributed by atoms with Crippen LogP contribution < -0.4 is 5.56 Å². The molecule has 0 saturated heterocycles. The van der Waals surface area contributed by atoms with Gasteiger partial charge in [-0.25, -0.2) is 4.39 Å². The van der Waals surface area contributed by atoms with Crippen LogP contribution in [-0.4, -0.2) is 21.2 Å². The van der Waals surface area contributed by atoms with Gasteiger partial charge in [0.05, 0.1) is 0 Å². The largest absolute Gasteiger partial charge is 0.453 e. The van der Waals surface area contributed by atoms with Crippen LogP contribution in [0.15, 0.2) is 33.5 Å². The van der Waals surface area contributed by atoms with Gasteiger partial charge in [-0.1, -0.05) is 0 Å². The molecular weight excluding hydrogens is 391 g/mol. The van der Waals surface area contributed by atoms with Crippen LogP contribution in [0.4, 0.5) is 4.39 Å². The SMILES string of the molecule is Cc1[nH]c(=O)c(C#N)c(C)c1CCC(=O)O[C@H](C)c1nnc(-c2ccc(F)cc2)o1. The number of aromatic nitrogens is 3. The Hall–Kier alpha value is -3.80. The van der Waals surface area contributed by atoms with Crippen LogP contribution in [0.1, 0.15) is 47.7 Å². The third-order valence-electron chi connectivity index (χ3n) is 4.69. The summed E-state index contributed by atoms with van der Waals surface area (Å²) in [5.74, 6) is -0.564. The molecule has 9 heteroatoms. The number of aryl methyl sites for hydroxylation is 1. The van der Waals surface area contributed by atoms with Gasteiger partial charge in [-0.3, -0.25) is 9.59 Å². The van der Waals surface area contributed by atoms with Crippen molar-refractivity contribution in [2.75, 3.05) is 0 Å². The molecular formula is C21H19FN4O4. The molecule has 2 aromatic heterocycles. The first-order chi connectivity index (χ1) is 14.3. The molecule has 3 aromatic rings. The van der Waals surface area contributed by atoms with Gasteiger partial charge in [-0.15, -0.1) is 10.2 Å². The molecule has 0 unspecified atom stereocenters. The first-order valence-corrected chi connectivity index (χ1v) is 9.21. The van der Waals surface area contributed by atoms with Crippen molar-refractivity contribution in [1.82, 2.24) is 15.2 Å². The van der Waals surface area contributed by atoms with Crippen LogP contribution in [0.5, 0.6) is 0 Å². The van der Waals surface area contributed by atoms with E-state index in [2.05, 4.69) is 15.2 Å². The summed E-state index contributed by atoms with van der Waals surface area (Å²) in [7, 11) is 0. The number of esters is 1. The lowest BCUT2D eigenvalue weighted by Crippen LogP contribution is -2.17. The molecule has 154 valence electrons. The first kappa shape index (κ1) is 20.9. The zero-order valence-electron chi connectivity index (χ0n) is 16.7. The van der Waals surface area contributed by atoms with E-state index < -0.39 is 17.6 Å². The number of halogens is 1. The maximum Gasteiger partial charge on any atom is 0.306 e. The second-order valence-corrected chi connectivity index (χ2v) is 6.75. The first-order valence-electron chi connectivity index (χ1n) is 9.21. The minimum Gasteiger partial charge on any atom is -0.453 e. The molecule has 3 rings (SSSR count). The van der Waals surface area contributed by atoms with Crippen LogP contribution in [0.2, 0.25) is 0 Å². The minimum atomic E-state index is -0.772. The molecule has 0 bridgehead atoms. The van der Waals surface area contributed by atoms with Crippen molar-refractivity contribution in [1.29, 1.82) is 5.26 Å². The third kappa shape index (κ3) is 4.43. The lowest BCUT2D eigenvalue weighted by molar-refractivity contribution is -0.149. The molecule has 0 saturated carbocycles. The summed E-state index contributed by atoms with van der Waals surface area (Å²) in [6, 6.07) is 7.46. The molecule has 1 atom stereocenters. The number of hydrogen-bond acceptors (Lipinski definition) is 7. The van der Waals surface area contributed by atoms with Gasteiger partial charge in [0.25, 0.3) is 11.4 Å². The number of pyridine rings is 1. The zero-order valence-corrected chi connectivity index (χ0v) is 16.7. The van der Waals surface area contributed by atoms with Gasteiger partial charge in [0.1, 0.15) is 17.4 Å². The molecule has 1 N–H and O–H groups in total. The van der Waals surface area contributed by atoms with Crippen LogP contribution in [0, 0.1) is 31.0 Å². The standard InChI is InChI=1S/C21H19FN4O4/c1-11-16(12(2)24-19(28)17(11)10-23)8-9-18(27)29-13(3)20-25-26-21(30-20)14-4-6-15(22)7-5-14/h4-7,13H,8-9H2,1-3H3,(H,24,28)/t13-/m1/s1. The molecule has 0 aliphatic rings. The van der Waals surface area contributed by atoms with Gasteiger partial charge >= 0.3 is 5.97 Å². The van der Waals surface area contributed by atoms with E-state index in [-0.39, 0.29) is 29.6 Å². The van der Waals surface area contributed by atoms with E-state index in [9.17, 15) is 14.0 Å². The number of hydrogen-bond donors (Lipinski definition) is 1. The van der Waals surface area contributed by atoms with Crippen molar-refractivity contribution < 1.29 is 18.3 Å². The number of carbonyl (C=O) groups excluding carboxylic acids is 1. The van der Waals surface area contributed by atoms with E-state index >= 15 is 0 Å². The van der Waals surface area contributed by atoms with E-state index in [1.165, 1.54) is 24.3 Å². The lowest BCUT2D eigenvalue weighted by Gasteiger charge is -2.12. The van der Waals surface area contributed by atoms with Crippen molar-refractivity contribution in [3.63, 3.8) is 0 Å². The lowest BCUT2D eigenvalue weighted by atomic mass is 9.99. The number of ether oxygens (including phenoxy) is 1. The monoisotopic (exact) mass is 410 g/mol. The van der Waals surface area contributed by atoms with Gasteiger partial charge in [0.2, 0.25) is 5.89 Å². The topological polar surface area (TPSA) is 122 Å². The molecule has 8 nitrogen and oxygen atoms in total. The summed E-state index contributed by atoms with van der Waals surface area (Å²) in [5, 5.41) is 16.9. The average molecular weight is 410 g/mol. The molecule has 0 amide bonds. The second kappa shape index (κ2) is 8.69. The van der Waals surface area contributed by atoms with Gasteiger partial charge in [0.15, 0.2) is 6.10 Å². The fourth-order valence-corrected chi connectivity index (χ4v) is 3.06. The van der Waals surface area contributed by atoms with E-state index in [0.717, 1.165) is 5.56 Å². The van der Waals surface area contributed by atoms with Crippen molar-refractivity contribution in [2.45, 2.75) is 39.7 Å². The normalized spacial score (nSPS) is 11.7.